The van der Waals surface area contributed by atoms with Gasteiger partial charge in [-0.2, -0.15) is 0 Å². The van der Waals surface area contributed by atoms with Gasteiger partial charge in [0.1, 0.15) is 0 Å². The number of likely N-dealkylation sites (tertiary alicyclic amines) is 1. The van der Waals surface area contributed by atoms with E-state index in [-0.39, 0.29) is 11.5 Å². The van der Waals surface area contributed by atoms with Crippen molar-refractivity contribution in [2.24, 2.45) is 5.92 Å². The largest absolute Gasteiger partial charge is 0.383 e. The average Bonchev–Trinajstić information content (AvgIpc) is 3.01. The first-order valence-corrected chi connectivity index (χ1v) is 8.28. The molecule has 0 aliphatic carbocycles. The van der Waals surface area contributed by atoms with Crippen molar-refractivity contribution in [3.8, 4) is 0 Å². The predicted octanol–water partition coefficient (Wildman–Crippen LogP) is 1.37. The van der Waals surface area contributed by atoms with Crippen LogP contribution in [0, 0.1) is 5.92 Å². The summed E-state index contributed by atoms with van der Waals surface area (Å²) < 4.78 is 11.1. The quantitative estimate of drug-likeness (QED) is 0.743. The molecule has 122 valence electrons. The molecule has 5 nitrogen and oxygen atoms in total. The van der Waals surface area contributed by atoms with Gasteiger partial charge in [0.25, 0.3) is 0 Å². The molecule has 0 aromatic carbocycles. The van der Waals surface area contributed by atoms with Crippen LogP contribution in [0.2, 0.25) is 0 Å². The molecule has 0 aromatic heterocycles. The molecule has 0 saturated carbocycles. The summed E-state index contributed by atoms with van der Waals surface area (Å²) in [6, 6.07) is 0. The van der Waals surface area contributed by atoms with Gasteiger partial charge < -0.3 is 19.3 Å². The minimum atomic E-state index is -0.123. The Bertz CT molecular complexity index is 344. The molecule has 1 unspecified atom stereocenters. The zero-order chi connectivity index (χ0) is 15.3. The van der Waals surface area contributed by atoms with Crippen molar-refractivity contribution in [3.63, 3.8) is 0 Å². The summed E-state index contributed by atoms with van der Waals surface area (Å²) in [4.78, 5) is 17.1. The number of carbonyl (C=O) groups excluding carboxylic acids is 1. The van der Waals surface area contributed by atoms with Gasteiger partial charge in [-0.1, -0.05) is 13.8 Å². The number of hydrogen-bond acceptors (Lipinski definition) is 4. The molecular formula is C16H30N2O3. The minimum absolute atomic E-state index is 0.123. The SMILES string of the molecule is CCC1(CC)CN(C(=O)C2CCN(CCOC)C2)CCO1. The van der Waals surface area contributed by atoms with E-state index in [1.807, 2.05) is 4.90 Å². The second-order valence-electron chi connectivity index (χ2n) is 6.28. The van der Waals surface area contributed by atoms with E-state index in [1.165, 1.54) is 0 Å². The lowest BCUT2D eigenvalue weighted by molar-refractivity contribution is -0.155. The summed E-state index contributed by atoms with van der Waals surface area (Å²) in [7, 11) is 1.72. The van der Waals surface area contributed by atoms with Gasteiger partial charge in [-0.25, -0.2) is 0 Å². The topological polar surface area (TPSA) is 42.0 Å². The van der Waals surface area contributed by atoms with E-state index < -0.39 is 0 Å². The number of rotatable bonds is 6. The van der Waals surface area contributed by atoms with Gasteiger partial charge in [-0.15, -0.1) is 0 Å². The molecule has 5 heteroatoms. The van der Waals surface area contributed by atoms with Crippen molar-refractivity contribution in [2.75, 3.05) is 53.0 Å². The fourth-order valence-electron chi connectivity index (χ4n) is 3.43. The third-order valence-corrected chi connectivity index (χ3v) is 5.08. The fourth-order valence-corrected chi connectivity index (χ4v) is 3.43. The molecule has 0 N–H and O–H groups in total. The molecule has 21 heavy (non-hydrogen) atoms. The summed E-state index contributed by atoms with van der Waals surface area (Å²) in [6.45, 7) is 10.0. The maximum absolute atomic E-state index is 12.8. The number of ether oxygens (including phenoxy) is 2. The number of carbonyl (C=O) groups is 1. The molecule has 2 saturated heterocycles. The molecule has 2 rings (SSSR count). The summed E-state index contributed by atoms with van der Waals surface area (Å²) in [5, 5.41) is 0. The molecule has 2 fully saturated rings. The summed E-state index contributed by atoms with van der Waals surface area (Å²) in [5.41, 5.74) is -0.123. The normalized spacial score (nSPS) is 26.2. The van der Waals surface area contributed by atoms with Crippen molar-refractivity contribution >= 4 is 5.91 Å². The van der Waals surface area contributed by atoms with Gasteiger partial charge in [-0.05, 0) is 25.8 Å². The van der Waals surface area contributed by atoms with E-state index in [9.17, 15) is 4.79 Å². The summed E-state index contributed by atoms with van der Waals surface area (Å²) in [5.74, 6) is 0.482. The first kappa shape index (κ1) is 16.7. The number of hydrogen-bond donors (Lipinski definition) is 0. The predicted molar refractivity (Wildman–Crippen MR) is 82.3 cm³/mol. The minimum Gasteiger partial charge on any atom is -0.383 e. The molecular weight excluding hydrogens is 268 g/mol. The highest BCUT2D eigenvalue weighted by Crippen LogP contribution is 2.27. The van der Waals surface area contributed by atoms with Crippen molar-refractivity contribution in [2.45, 2.75) is 38.7 Å². The van der Waals surface area contributed by atoms with Gasteiger partial charge in [-0.3, -0.25) is 4.79 Å². The molecule has 2 aliphatic heterocycles. The second kappa shape index (κ2) is 7.56. The average molecular weight is 298 g/mol. The Morgan fingerprint density at radius 2 is 2.10 bits per heavy atom. The van der Waals surface area contributed by atoms with Crippen LogP contribution in [0.3, 0.4) is 0 Å². The highest BCUT2D eigenvalue weighted by atomic mass is 16.5. The van der Waals surface area contributed by atoms with E-state index in [2.05, 4.69) is 18.7 Å². The maximum atomic E-state index is 12.8. The van der Waals surface area contributed by atoms with Crippen molar-refractivity contribution in [1.29, 1.82) is 0 Å². The first-order chi connectivity index (χ1) is 10.1. The number of morpholine rings is 1. The highest BCUT2D eigenvalue weighted by molar-refractivity contribution is 5.79. The Morgan fingerprint density at radius 1 is 1.33 bits per heavy atom. The molecule has 0 aromatic rings. The Hall–Kier alpha value is -0.650. The van der Waals surface area contributed by atoms with Crippen LogP contribution in [0.5, 0.6) is 0 Å². The lowest BCUT2D eigenvalue weighted by atomic mass is 9.94. The molecule has 0 spiro atoms. The first-order valence-electron chi connectivity index (χ1n) is 8.28. The third-order valence-electron chi connectivity index (χ3n) is 5.08. The van der Waals surface area contributed by atoms with Crippen LogP contribution < -0.4 is 0 Å². The van der Waals surface area contributed by atoms with Crippen LogP contribution in [0.1, 0.15) is 33.1 Å². The highest BCUT2D eigenvalue weighted by Gasteiger charge is 2.38. The van der Waals surface area contributed by atoms with E-state index >= 15 is 0 Å². The summed E-state index contributed by atoms with van der Waals surface area (Å²) in [6.07, 6.45) is 2.92. The third kappa shape index (κ3) is 3.96. The van der Waals surface area contributed by atoms with E-state index in [0.29, 0.717) is 12.5 Å². The zero-order valence-corrected chi connectivity index (χ0v) is 13.8. The van der Waals surface area contributed by atoms with E-state index in [1.54, 1.807) is 7.11 Å². The maximum Gasteiger partial charge on any atom is 0.227 e. The number of amides is 1. The van der Waals surface area contributed by atoms with Gasteiger partial charge in [0.15, 0.2) is 0 Å². The Balaban J connectivity index is 1.88. The van der Waals surface area contributed by atoms with Crippen LogP contribution in [0.4, 0.5) is 0 Å². The number of nitrogens with zero attached hydrogens (tertiary/aromatic N) is 2. The van der Waals surface area contributed by atoms with E-state index in [4.69, 9.17) is 9.47 Å². The van der Waals surface area contributed by atoms with Crippen LogP contribution >= 0.6 is 0 Å². The Morgan fingerprint density at radius 3 is 2.76 bits per heavy atom. The van der Waals surface area contributed by atoms with Crippen LogP contribution in [-0.2, 0) is 14.3 Å². The molecule has 0 radical (unpaired) electrons. The van der Waals surface area contributed by atoms with Crippen LogP contribution in [-0.4, -0.2) is 74.4 Å². The van der Waals surface area contributed by atoms with Crippen LogP contribution in [0.25, 0.3) is 0 Å². The Kier molecular flexibility index (Phi) is 6.02. The standard InChI is InChI=1S/C16H30N2O3/c1-4-16(5-2)13-18(9-11-21-16)15(19)14-6-7-17(12-14)8-10-20-3/h14H,4-13H2,1-3H3. The lowest BCUT2D eigenvalue weighted by Crippen LogP contribution is -2.54. The molecule has 2 heterocycles. The van der Waals surface area contributed by atoms with E-state index in [0.717, 1.165) is 58.6 Å². The molecule has 2 aliphatic rings. The van der Waals surface area contributed by atoms with Gasteiger partial charge in [0.2, 0.25) is 5.91 Å². The smallest absolute Gasteiger partial charge is 0.227 e. The van der Waals surface area contributed by atoms with Gasteiger partial charge in [0.05, 0.1) is 24.7 Å². The molecule has 1 amide bonds. The fraction of sp³-hybridized carbons (Fsp3) is 0.938. The lowest BCUT2D eigenvalue weighted by Gasteiger charge is -2.42. The molecule has 1 atom stereocenters. The molecule has 0 bridgehead atoms. The van der Waals surface area contributed by atoms with Crippen molar-refractivity contribution in [3.05, 3.63) is 0 Å². The van der Waals surface area contributed by atoms with Gasteiger partial charge in [0, 0.05) is 33.3 Å². The van der Waals surface area contributed by atoms with Gasteiger partial charge >= 0.3 is 0 Å². The summed E-state index contributed by atoms with van der Waals surface area (Å²) >= 11 is 0. The monoisotopic (exact) mass is 298 g/mol. The van der Waals surface area contributed by atoms with Crippen molar-refractivity contribution in [1.82, 2.24) is 9.80 Å². The second-order valence-corrected chi connectivity index (χ2v) is 6.28. The Labute approximate surface area is 128 Å². The van der Waals surface area contributed by atoms with Crippen LogP contribution in [0.15, 0.2) is 0 Å². The van der Waals surface area contributed by atoms with Crippen molar-refractivity contribution < 1.29 is 14.3 Å². The number of methoxy groups -OCH3 is 1. The zero-order valence-electron chi connectivity index (χ0n) is 13.8.